The van der Waals surface area contributed by atoms with Gasteiger partial charge in [-0.15, -0.1) is 0 Å². The van der Waals surface area contributed by atoms with E-state index in [2.05, 4.69) is 26.3 Å². The first-order chi connectivity index (χ1) is 18.7. The summed E-state index contributed by atoms with van der Waals surface area (Å²) in [4.78, 5) is 31.0. The molecule has 1 amide bonds. The molecule has 5 rings (SSSR count). The van der Waals surface area contributed by atoms with Crippen LogP contribution in [0, 0.1) is 0 Å². The van der Waals surface area contributed by atoms with Crippen molar-refractivity contribution in [1.29, 1.82) is 0 Å². The third-order valence-electron chi connectivity index (χ3n) is 6.13. The number of rotatable bonds is 6. The summed E-state index contributed by atoms with van der Waals surface area (Å²) in [7, 11) is 0. The van der Waals surface area contributed by atoms with Crippen molar-refractivity contribution in [3.63, 3.8) is 0 Å². The number of anilines is 1. The lowest BCUT2D eigenvalue weighted by Crippen LogP contribution is -2.29. The molecule has 0 aliphatic heterocycles. The number of nitrogens with zero attached hydrogens (tertiary/aromatic N) is 3. The van der Waals surface area contributed by atoms with Crippen LogP contribution in [-0.2, 0) is 10.2 Å². The molecule has 1 heterocycles. The van der Waals surface area contributed by atoms with Gasteiger partial charge in [0.05, 0.1) is 17.1 Å². The zero-order valence-electron chi connectivity index (χ0n) is 21.8. The standard InChI is InChI=1S/C31H27BrN4O3/c1-31(2,3)30-35-26-15-14-21(32)17-24(26)29(38)36(30)33-18-25-23-12-8-7-9-20(23)13-16-27(25)39-19-28(37)34-22-10-5-4-6-11-22/h4-18H,19H2,1-3H3,(H,34,37). The van der Waals surface area contributed by atoms with Crippen LogP contribution in [0.3, 0.4) is 0 Å². The molecule has 39 heavy (non-hydrogen) atoms. The largest absolute Gasteiger partial charge is 0.483 e. The summed E-state index contributed by atoms with van der Waals surface area (Å²) < 4.78 is 8.10. The van der Waals surface area contributed by atoms with Crippen LogP contribution in [0.25, 0.3) is 21.7 Å². The van der Waals surface area contributed by atoms with Gasteiger partial charge in [-0.05, 0) is 47.2 Å². The van der Waals surface area contributed by atoms with Crippen LogP contribution in [0.5, 0.6) is 5.75 Å². The Kier molecular flexibility index (Phi) is 7.30. The number of para-hydroxylation sites is 1. The van der Waals surface area contributed by atoms with E-state index in [-0.39, 0.29) is 18.1 Å². The SMILES string of the molecule is CC(C)(C)c1nc2ccc(Br)cc2c(=O)n1N=Cc1c(OCC(=O)Nc2ccccc2)ccc2ccccc12. The van der Waals surface area contributed by atoms with E-state index in [9.17, 15) is 9.59 Å². The minimum Gasteiger partial charge on any atom is -0.483 e. The molecule has 196 valence electrons. The Morgan fingerprint density at radius 1 is 1.00 bits per heavy atom. The molecule has 0 saturated carbocycles. The summed E-state index contributed by atoms with van der Waals surface area (Å²) in [5.74, 6) is 0.721. The van der Waals surface area contributed by atoms with E-state index in [0.717, 1.165) is 15.2 Å². The highest BCUT2D eigenvalue weighted by molar-refractivity contribution is 9.10. The molecule has 4 aromatic carbocycles. The first-order valence-corrected chi connectivity index (χ1v) is 13.3. The van der Waals surface area contributed by atoms with Crippen molar-refractivity contribution in [2.75, 3.05) is 11.9 Å². The van der Waals surface area contributed by atoms with E-state index in [1.807, 2.05) is 99.6 Å². The normalized spacial score (nSPS) is 11.8. The Labute approximate surface area is 234 Å². The van der Waals surface area contributed by atoms with Gasteiger partial charge in [-0.2, -0.15) is 9.78 Å². The fourth-order valence-corrected chi connectivity index (χ4v) is 4.61. The highest BCUT2D eigenvalue weighted by Crippen LogP contribution is 2.28. The Hall–Kier alpha value is -4.30. The summed E-state index contributed by atoms with van der Waals surface area (Å²) in [5.41, 5.74) is 1.23. The fraction of sp³-hybridized carbons (Fsp3) is 0.161. The van der Waals surface area contributed by atoms with E-state index in [1.54, 1.807) is 12.3 Å². The van der Waals surface area contributed by atoms with Gasteiger partial charge in [-0.1, -0.05) is 85.2 Å². The van der Waals surface area contributed by atoms with Crippen molar-refractivity contribution in [2.45, 2.75) is 26.2 Å². The number of carbonyl (C=O) groups is 1. The molecule has 0 spiro atoms. The highest BCUT2D eigenvalue weighted by Gasteiger charge is 2.23. The Balaban J connectivity index is 1.56. The van der Waals surface area contributed by atoms with Crippen LogP contribution in [0.15, 0.2) is 99.3 Å². The van der Waals surface area contributed by atoms with Gasteiger partial charge in [0, 0.05) is 21.1 Å². The Morgan fingerprint density at radius 2 is 1.74 bits per heavy atom. The molecule has 8 heteroatoms. The second kappa shape index (κ2) is 10.8. The maximum Gasteiger partial charge on any atom is 0.282 e. The third kappa shape index (κ3) is 5.76. The van der Waals surface area contributed by atoms with Gasteiger partial charge in [0.15, 0.2) is 6.61 Å². The zero-order chi connectivity index (χ0) is 27.6. The third-order valence-corrected chi connectivity index (χ3v) is 6.62. The molecular weight excluding hydrogens is 556 g/mol. The van der Waals surface area contributed by atoms with Crippen molar-refractivity contribution >= 4 is 55.4 Å². The van der Waals surface area contributed by atoms with Crippen molar-refractivity contribution < 1.29 is 9.53 Å². The van der Waals surface area contributed by atoms with Crippen molar-refractivity contribution in [3.05, 3.63) is 111 Å². The summed E-state index contributed by atoms with van der Waals surface area (Å²) in [6.07, 6.45) is 1.61. The molecule has 0 fully saturated rings. The van der Waals surface area contributed by atoms with Crippen molar-refractivity contribution in [2.24, 2.45) is 5.10 Å². The average Bonchev–Trinajstić information content (AvgIpc) is 2.91. The maximum atomic E-state index is 13.6. The van der Waals surface area contributed by atoms with E-state index >= 15 is 0 Å². The number of benzene rings is 4. The second-order valence-electron chi connectivity index (χ2n) is 10.1. The number of hydrogen-bond acceptors (Lipinski definition) is 5. The predicted molar refractivity (Wildman–Crippen MR) is 160 cm³/mol. The zero-order valence-corrected chi connectivity index (χ0v) is 23.4. The molecule has 5 aromatic rings. The number of halogens is 1. The van der Waals surface area contributed by atoms with Gasteiger partial charge in [-0.3, -0.25) is 9.59 Å². The molecule has 0 aliphatic rings. The van der Waals surface area contributed by atoms with Crippen LogP contribution in [0.4, 0.5) is 5.69 Å². The summed E-state index contributed by atoms with van der Waals surface area (Å²) in [6, 6.07) is 26.2. The number of nitrogens with one attached hydrogen (secondary N) is 1. The van der Waals surface area contributed by atoms with Gasteiger partial charge in [-0.25, -0.2) is 4.98 Å². The lowest BCUT2D eigenvalue weighted by Gasteiger charge is -2.21. The fourth-order valence-electron chi connectivity index (χ4n) is 4.25. The van der Waals surface area contributed by atoms with Crippen LogP contribution in [0.1, 0.15) is 32.2 Å². The topological polar surface area (TPSA) is 85.6 Å². The predicted octanol–water partition coefficient (Wildman–Crippen LogP) is 6.51. The molecule has 1 aromatic heterocycles. The Bertz CT molecular complexity index is 1770. The molecule has 1 N–H and O–H groups in total. The average molecular weight is 583 g/mol. The molecule has 0 aliphatic carbocycles. The van der Waals surface area contributed by atoms with E-state index in [1.165, 1.54) is 4.68 Å². The van der Waals surface area contributed by atoms with Gasteiger partial charge in [0.2, 0.25) is 0 Å². The van der Waals surface area contributed by atoms with E-state index in [0.29, 0.717) is 33.7 Å². The van der Waals surface area contributed by atoms with Crippen LogP contribution in [0.2, 0.25) is 0 Å². The molecular formula is C31H27BrN4O3. The molecule has 7 nitrogen and oxygen atoms in total. The summed E-state index contributed by atoms with van der Waals surface area (Å²) >= 11 is 3.45. The number of ether oxygens (including phenoxy) is 1. The smallest absolute Gasteiger partial charge is 0.282 e. The maximum absolute atomic E-state index is 13.6. The van der Waals surface area contributed by atoms with Gasteiger partial charge < -0.3 is 10.1 Å². The van der Waals surface area contributed by atoms with Gasteiger partial charge >= 0.3 is 0 Å². The van der Waals surface area contributed by atoms with Gasteiger partial charge in [0.1, 0.15) is 11.6 Å². The molecule has 0 unspecified atom stereocenters. The molecule has 0 bridgehead atoms. The number of carbonyl (C=O) groups excluding carboxylic acids is 1. The van der Waals surface area contributed by atoms with Crippen LogP contribution >= 0.6 is 15.9 Å². The minimum absolute atomic E-state index is 0.188. The summed E-state index contributed by atoms with van der Waals surface area (Å²) in [6.45, 7) is 5.78. The monoisotopic (exact) mass is 582 g/mol. The molecule has 0 saturated heterocycles. The second-order valence-corrected chi connectivity index (χ2v) is 11.0. The van der Waals surface area contributed by atoms with E-state index < -0.39 is 5.41 Å². The minimum atomic E-state index is -0.453. The summed E-state index contributed by atoms with van der Waals surface area (Å²) in [5, 5.41) is 9.79. The molecule has 0 radical (unpaired) electrons. The van der Waals surface area contributed by atoms with Crippen molar-refractivity contribution in [3.8, 4) is 5.75 Å². The van der Waals surface area contributed by atoms with Crippen LogP contribution in [-0.4, -0.2) is 28.4 Å². The first kappa shape index (κ1) is 26.3. The van der Waals surface area contributed by atoms with E-state index in [4.69, 9.17) is 9.72 Å². The first-order valence-electron chi connectivity index (χ1n) is 12.5. The van der Waals surface area contributed by atoms with Crippen LogP contribution < -0.4 is 15.6 Å². The number of fused-ring (bicyclic) bond motifs is 2. The number of aromatic nitrogens is 2. The molecule has 0 atom stereocenters. The quantitative estimate of drug-likeness (QED) is 0.231. The number of hydrogen-bond donors (Lipinski definition) is 1. The van der Waals surface area contributed by atoms with Crippen molar-refractivity contribution in [1.82, 2.24) is 9.66 Å². The number of amides is 1. The van der Waals surface area contributed by atoms with Gasteiger partial charge in [0.25, 0.3) is 11.5 Å². The highest BCUT2D eigenvalue weighted by atomic mass is 79.9. The lowest BCUT2D eigenvalue weighted by molar-refractivity contribution is -0.118. The Morgan fingerprint density at radius 3 is 2.51 bits per heavy atom. The lowest BCUT2D eigenvalue weighted by atomic mass is 9.95.